The summed E-state index contributed by atoms with van der Waals surface area (Å²) in [5.74, 6) is 0.783. The van der Waals surface area contributed by atoms with Crippen molar-refractivity contribution in [2.75, 3.05) is 7.05 Å². The standard InChI is InChI=1S/C15H25N/c1-5-14(6-2)15(16-4)11-13-9-7-8-12(3)10-13/h7-10,14-16H,5-6,11H2,1-4H3. The van der Waals surface area contributed by atoms with Crippen molar-refractivity contribution in [2.24, 2.45) is 5.92 Å². The summed E-state index contributed by atoms with van der Waals surface area (Å²) in [4.78, 5) is 0. The van der Waals surface area contributed by atoms with E-state index in [2.05, 4.69) is 57.4 Å². The third-order valence-corrected chi connectivity index (χ3v) is 3.53. The van der Waals surface area contributed by atoms with Crippen LogP contribution < -0.4 is 5.32 Å². The number of benzene rings is 1. The topological polar surface area (TPSA) is 12.0 Å². The van der Waals surface area contributed by atoms with Gasteiger partial charge in [0.25, 0.3) is 0 Å². The van der Waals surface area contributed by atoms with Crippen LogP contribution >= 0.6 is 0 Å². The van der Waals surface area contributed by atoms with Gasteiger partial charge < -0.3 is 5.32 Å². The van der Waals surface area contributed by atoms with Crippen molar-refractivity contribution >= 4 is 0 Å². The Morgan fingerprint density at radius 2 is 1.88 bits per heavy atom. The van der Waals surface area contributed by atoms with Gasteiger partial charge in [0, 0.05) is 6.04 Å². The molecule has 0 aliphatic carbocycles. The van der Waals surface area contributed by atoms with Crippen LogP contribution in [0.4, 0.5) is 0 Å². The number of rotatable bonds is 6. The van der Waals surface area contributed by atoms with Crippen LogP contribution in [0.5, 0.6) is 0 Å². The predicted octanol–water partition coefficient (Wildman–Crippen LogP) is 3.56. The zero-order chi connectivity index (χ0) is 12.0. The summed E-state index contributed by atoms with van der Waals surface area (Å²) in [5.41, 5.74) is 2.81. The van der Waals surface area contributed by atoms with Gasteiger partial charge in [0.15, 0.2) is 0 Å². The van der Waals surface area contributed by atoms with Crippen LogP contribution in [0, 0.1) is 12.8 Å². The molecule has 0 bridgehead atoms. The van der Waals surface area contributed by atoms with Crippen molar-refractivity contribution < 1.29 is 0 Å². The lowest BCUT2D eigenvalue weighted by Crippen LogP contribution is -2.35. The summed E-state index contributed by atoms with van der Waals surface area (Å²) in [7, 11) is 2.08. The van der Waals surface area contributed by atoms with E-state index in [1.165, 1.54) is 24.0 Å². The SMILES string of the molecule is CCC(CC)C(Cc1cccc(C)c1)NC. The van der Waals surface area contributed by atoms with E-state index in [1.54, 1.807) is 0 Å². The summed E-state index contributed by atoms with van der Waals surface area (Å²) < 4.78 is 0. The zero-order valence-electron chi connectivity index (χ0n) is 11.1. The molecule has 1 rings (SSSR count). The fourth-order valence-electron chi connectivity index (χ4n) is 2.46. The van der Waals surface area contributed by atoms with Crippen LogP contribution in [0.3, 0.4) is 0 Å². The Kier molecular flexibility index (Phi) is 5.54. The fraction of sp³-hybridized carbons (Fsp3) is 0.600. The maximum Gasteiger partial charge on any atom is 0.0132 e. The molecule has 1 unspecified atom stereocenters. The molecule has 0 heterocycles. The molecule has 16 heavy (non-hydrogen) atoms. The van der Waals surface area contributed by atoms with E-state index in [1.807, 2.05) is 0 Å². The van der Waals surface area contributed by atoms with Gasteiger partial charge in [-0.25, -0.2) is 0 Å². The molecule has 0 radical (unpaired) electrons. The van der Waals surface area contributed by atoms with Crippen LogP contribution in [0.15, 0.2) is 24.3 Å². The Bertz CT molecular complexity index is 302. The van der Waals surface area contributed by atoms with E-state index in [-0.39, 0.29) is 0 Å². The van der Waals surface area contributed by atoms with Gasteiger partial charge in [-0.3, -0.25) is 0 Å². The normalized spacial score (nSPS) is 13.1. The van der Waals surface area contributed by atoms with Gasteiger partial charge in [0.05, 0.1) is 0 Å². The Hall–Kier alpha value is -0.820. The van der Waals surface area contributed by atoms with Crippen LogP contribution in [0.25, 0.3) is 0 Å². The van der Waals surface area contributed by atoms with Crippen LogP contribution in [0.2, 0.25) is 0 Å². The second kappa shape index (κ2) is 6.70. The molecule has 0 amide bonds. The van der Waals surface area contributed by atoms with Crippen molar-refractivity contribution in [2.45, 2.75) is 46.1 Å². The van der Waals surface area contributed by atoms with E-state index in [0.717, 1.165) is 12.3 Å². The molecule has 0 aliphatic rings. The molecule has 90 valence electrons. The molecular formula is C15H25N. The molecule has 1 aromatic carbocycles. The Morgan fingerprint density at radius 1 is 1.19 bits per heavy atom. The summed E-state index contributed by atoms with van der Waals surface area (Å²) in [6.07, 6.45) is 3.66. The summed E-state index contributed by atoms with van der Waals surface area (Å²) >= 11 is 0. The molecule has 1 nitrogen and oxygen atoms in total. The Balaban J connectivity index is 2.69. The first-order valence-electron chi connectivity index (χ1n) is 6.44. The minimum atomic E-state index is 0.608. The maximum absolute atomic E-state index is 3.47. The highest BCUT2D eigenvalue weighted by Crippen LogP contribution is 2.17. The van der Waals surface area contributed by atoms with Crippen molar-refractivity contribution in [1.82, 2.24) is 5.32 Å². The van der Waals surface area contributed by atoms with Crippen molar-refractivity contribution in [3.8, 4) is 0 Å². The smallest absolute Gasteiger partial charge is 0.0132 e. The van der Waals surface area contributed by atoms with Gasteiger partial charge >= 0.3 is 0 Å². The van der Waals surface area contributed by atoms with Gasteiger partial charge in [-0.05, 0) is 31.9 Å². The molecule has 0 saturated heterocycles. The molecule has 0 aromatic heterocycles. The first kappa shape index (κ1) is 13.2. The third kappa shape index (κ3) is 3.64. The Labute approximate surface area is 100 Å². The van der Waals surface area contributed by atoms with Gasteiger partial charge in [0.1, 0.15) is 0 Å². The van der Waals surface area contributed by atoms with E-state index in [4.69, 9.17) is 0 Å². The largest absolute Gasteiger partial charge is 0.316 e. The van der Waals surface area contributed by atoms with E-state index < -0.39 is 0 Å². The van der Waals surface area contributed by atoms with Crippen LogP contribution in [0.1, 0.15) is 37.8 Å². The number of hydrogen-bond donors (Lipinski definition) is 1. The van der Waals surface area contributed by atoms with Gasteiger partial charge in [-0.2, -0.15) is 0 Å². The molecule has 1 atom stereocenters. The minimum Gasteiger partial charge on any atom is -0.316 e. The number of nitrogens with one attached hydrogen (secondary N) is 1. The van der Waals surface area contributed by atoms with Crippen molar-refractivity contribution in [1.29, 1.82) is 0 Å². The highest BCUT2D eigenvalue weighted by atomic mass is 14.9. The quantitative estimate of drug-likeness (QED) is 0.771. The lowest BCUT2D eigenvalue weighted by atomic mass is 9.89. The van der Waals surface area contributed by atoms with E-state index >= 15 is 0 Å². The van der Waals surface area contributed by atoms with Gasteiger partial charge in [-0.1, -0.05) is 56.5 Å². The van der Waals surface area contributed by atoms with Gasteiger partial charge in [-0.15, -0.1) is 0 Å². The molecule has 0 saturated carbocycles. The number of aryl methyl sites for hydroxylation is 1. The summed E-state index contributed by atoms with van der Waals surface area (Å²) in [6, 6.07) is 9.46. The zero-order valence-corrected chi connectivity index (χ0v) is 11.1. The van der Waals surface area contributed by atoms with Crippen molar-refractivity contribution in [3.63, 3.8) is 0 Å². The van der Waals surface area contributed by atoms with E-state index in [0.29, 0.717) is 6.04 Å². The molecule has 1 N–H and O–H groups in total. The average Bonchev–Trinajstić information content (AvgIpc) is 2.29. The lowest BCUT2D eigenvalue weighted by Gasteiger charge is -2.25. The molecular weight excluding hydrogens is 194 g/mol. The monoisotopic (exact) mass is 219 g/mol. The highest BCUT2D eigenvalue weighted by Gasteiger charge is 2.16. The predicted molar refractivity (Wildman–Crippen MR) is 71.8 cm³/mol. The maximum atomic E-state index is 3.47. The lowest BCUT2D eigenvalue weighted by molar-refractivity contribution is 0.349. The molecule has 0 aliphatic heterocycles. The first-order chi connectivity index (χ1) is 7.71. The van der Waals surface area contributed by atoms with Crippen LogP contribution in [-0.2, 0) is 6.42 Å². The molecule has 0 fully saturated rings. The summed E-state index contributed by atoms with van der Waals surface area (Å²) in [6.45, 7) is 6.73. The first-order valence-corrected chi connectivity index (χ1v) is 6.44. The van der Waals surface area contributed by atoms with E-state index in [9.17, 15) is 0 Å². The fourth-order valence-corrected chi connectivity index (χ4v) is 2.46. The average molecular weight is 219 g/mol. The summed E-state index contributed by atoms with van der Waals surface area (Å²) in [5, 5.41) is 3.47. The van der Waals surface area contributed by atoms with Gasteiger partial charge in [0.2, 0.25) is 0 Å². The molecule has 0 spiro atoms. The third-order valence-electron chi connectivity index (χ3n) is 3.53. The molecule has 1 heteroatoms. The minimum absolute atomic E-state index is 0.608. The Morgan fingerprint density at radius 3 is 2.38 bits per heavy atom. The second-order valence-corrected chi connectivity index (χ2v) is 4.66. The second-order valence-electron chi connectivity index (χ2n) is 4.66. The van der Waals surface area contributed by atoms with Crippen LogP contribution in [-0.4, -0.2) is 13.1 Å². The van der Waals surface area contributed by atoms with Crippen molar-refractivity contribution in [3.05, 3.63) is 35.4 Å². The number of hydrogen-bond acceptors (Lipinski definition) is 1. The number of likely N-dealkylation sites (N-methyl/N-ethyl adjacent to an activating group) is 1. The molecule has 1 aromatic rings. The highest BCUT2D eigenvalue weighted by molar-refractivity contribution is 5.23.